The number of halogens is 5. The van der Waals surface area contributed by atoms with Crippen LogP contribution in [0.15, 0.2) is 388 Å². The van der Waals surface area contributed by atoms with Crippen LogP contribution in [0.25, 0.3) is 0 Å². The molecule has 29 nitrogen and oxygen atoms in total. The van der Waals surface area contributed by atoms with Crippen molar-refractivity contribution in [3.63, 3.8) is 0 Å². The van der Waals surface area contributed by atoms with E-state index in [2.05, 4.69) is 37.3 Å². The quantitative estimate of drug-likeness (QED) is 0.00787. The van der Waals surface area contributed by atoms with Gasteiger partial charge in [-0.1, -0.05) is 48.5 Å². The van der Waals surface area contributed by atoms with Gasteiger partial charge < -0.3 is 85.8 Å². The zero-order chi connectivity index (χ0) is 102. The maximum atomic E-state index is 11.2. The van der Waals surface area contributed by atoms with Crippen molar-refractivity contribution in [1.29, 1.82) is 0 Å². The Morgan fingerprint density at radius 1 is 0.234 bits per heavy atom. The SMILES string of the molecule is COc1ccc(I)cc1.COc1ccc(N(c2ccc(CO)cc2)c2ccc(N(c3ccc([N+](=O)[O-])cc3)c3ccc([N+](=O)[O-])cc3)cc2)cc1.COc1ccc(N(c2ccc(CO)cc2)c2ccc([N+](=O)[O-])cc2)cc1.COc1ccc(N(c2ccc(N)cc2)c2ccc(CO)cc2)cc1.COc1ccc(N(c2ccc(N)cc2)c2ccc(CO)cc2)cc1.Nc1ccc([N+](=O)[O-])cc1.[Cl][Sn][Cl].[Cl][Sn][Cl]. The summed E-state index contributed by atoms with van der Waals surface area (Å²) >= 11 is 0.606. The van der Waals surface area contributed by atoms with Crippen LogP contribution in [0.4, 0.5) is 125 Å². The van der Waals surface area contributed by atoms with Crippen molar-refractivity contribution in [2.45, 2.75) is 26.4 Å². The number of methoxy groups -OCH3 is 5. The second-order valence-corrected chi connectivity index (χ2v) is 39.2. The summed E-state index contributed by atoms with van der Waals surface area (Å²) in [6.07, 6.45) is 0. The molecule has 0 heterocycles. The van der Waals surface area contributed by atoms with E-state index >= 15 is 0 Å². The van der Waals surface area contributed by atoms with Gasteiger partial charge in [-0.05, 0) is 336 Å². The van der Waals surface area contributed by atoms with Gasteiger partial charge >= 0.3 is 73.5 Å². The Kier molecular flexibility index (Phi) is 45.5. The summed E-state index contributed by atoms with van der Waals surface area (Å²) in [4.78, 5) is 51.8. The molecule has 722 valence electrons. The third-order valence-corrected chi connectivity index (χ3v) is 21.3. The zero-order valence-corrected chi connectivity index (χ0v) is 87.4. The molecule has 16 aromatic rings. The van der Waals surface area contributed by atoms with E-state index < -0.39 is 57.5 Å². The van der Waals surface area contributed by atoms with Crippen LogP contribution in [-0.2, 0) is 26.4 Å². The molecule has 16 aromatic carbocycles. The monoisotopic (exact) mass is 2300 g/mol. The fourth-order valence-corrected chi connectivity index (χ4v) is 13.9. The summed E-state index contributed by atoms with van der Waals surface area (Å²) < 4.78 is 27.2. The van der Waals surface area contributed by atoms with Crippen molar-refractivity contribution in [3.05, 3.63) is 455 Å². The van der Waals surface area contributed by atoms with E-state index in [0.29, 0.717) is 17.1 Å². The van der Waals surface area contributed by atoms with Gasteiger partial charge in [-0.3, -0.25) is 40.5 Å². The normalized spacial score (nSPS) is 10.1. The minimum atomic E-state index is -0.826. The first-order valence-electron chi connectivity index (χ1n) is 42.4. The van der Waals surface area contributed by atoms with Gasteiger partial charge in [0.05, 0.1) is 81.7 Å². The number of rotatable bonds is 28. The van der Waals surface area contributed by atoms with Gasteiger partial charge in [0.15, 0.2) is 0 Å². The molecule has 0 fully saturated rings. The van der Waals surface area contributed by atoms with Crippen LogP contribution < -0.4 is 65.4 Å². The van der Waals surface area contributed by atoms with E-state index in [1.54, 1.807) is 71.9 Å². The van der Waals surface area contributed by atoms with Crippen LogP contribution in [0.2, 0.25) is 0 Å². The van der Waals surface area contributed by atoms with E-state index in [1.165, 1.54) is 64.2 Å². The summed E-state index contributed by atoms with van der Waals surface area (Å²) in [6, 6.07) is 117. The first-order chi connectivity index (χ1) is 68.3. The predicted molar refractivity (Wildman–Crippen MR) is 576 cm³/mol. The van der Waals surface area contributed by atoms with E-state index in [4.69, 9.17) is 76.6 Å². The van der Waals surface area contributed by atoms with Crippen LogP contribution in [0.1, 0.15) is 22.3 Å². The summed E-state index contributed by atoms with van der Waals surface area (Å²) in [5, 5.41) is 80.7. The van der Waals surface area contributed by atoms with Gasteiger partial charge in [0, 0.05) is 154 Å². The molecule has 0 aliphatic rings. The first-order valence-corrected chi connectivity index (χ1v) is 57.9. The van der Waals surface area contributed by atoms with Crippen molar-refractivity contribution >= 4 is 221 Å². The average Bonchev–Trinajstić information content (AvgIpc) is 0.844. The Balaban J connectivity index is 0.000000198. The van der Waals surface area contributed by atoms with Crippen molar-refractivity contribution in [1.82, 2.24) is 0 Å². The topological polar surface area (TPSA) is 394 Å². The number of hydrogen-bond donors (Lipinski definition) is 7. The molecule has 36 heteroatoms. The third-order valence-electron chi connectivity index (χ3n) is 20.6. The Morgan fingerprint density at radius 2 is 0.348 bits per heavy atom. The number of aliphatic hydroxyl groups excluding tert-OH is 4. The van der Waals surface area contributed by atoms with Gasteiger partial charge in [-0.15, -0.1) is 0 Å². The number of non-ortho nitro benzene ring substituents is 4. The van der Waals surface area contributed by atoms with Crippen LogP contribution >= 0.6 is 58.3 Å². The summed E-state index contributed by atoms with van der Waals surface area (Å²) in [6.45, 7) is -0.0195. The molecule has 16 rings (SSSR count). The summed E-state index contributed by atoms with van der Waals surface area (Å²) in [5.74, 6) is 4.01. The van der Waals surface area contributed by atoms with Crippen molar-refractivity contribution in [2.24, 2.45) is 0 Å². The van der Waals surface area contributed by atoms with Crippen molar-refractivity contribution in [2.75, 3.05) is 77.2 Å². The number of ether oxygens (including phenoxy) is 5. The predicted octanol–water partition coefficient (Wildman–Crippen LogP) is 26.5. The second-order valence-electron chi connectivity index (χ2n) is 29.4. The molecular weight excluding hydrogens is 2210 g/mol. The number of benzene rings is 16. The molecular formula is C105H97Cl4IN12O17Sn2. The Labute approximate surface area is 864 Å². The van der Waals surface area contributed by atoms with E-state index in [0.717, 1.165) is 136 Å². The molecule has 0 saturated carbocycles. The maximum absolute atomic E-state index is 11.2. The molecule has 0 aromatic heterocycles. The molecule has 0 saturated heterocycles. The van der Waals surface area contributed by atoms with Crippen molar-refractivity contribution < 1.29 is 63.8 Å². The van der Waals surface area contributed by atoms with Crippen molar-refractivity contribution in [3.8, 4) is 28.7 Å². The van der Waals surface area contributed by atoms with Crippen LogP contribution in [0.3, 0.4) is 0 Å². The second kappa shape index (κ2) is 58.0. The average molecular weight is 2310 g/mol. The third kappa shape index (κ3) is 33.6. The van der Waals surface area contributed by atoms with Gasteiger partial charge in [0.25, 0.3) is 22.7 Å². The van der Waals surface area contributed by atoms with Gasteiger partial charge in [0.1, 0.15) is 28.7 Å². The number of nitro groups is 4. The van der Waals surface area contributed by atoms with Gasteiger partial charge in [-0.25, -0.2) is 0 Å². The standard InChI is InChI=1S/C32H26N4O6.C20H18N2O4.2C20H20N2O2.C7H7IO.C6H6N2O2.4ClH.2Sn/c1-42-32-20-18-29(19-21-32)33(24-4-2-23(22-37)3-5-24)25-6-8-26(9-7-25)34(27-10-14-30(15-11-27)35(38)39)28-12-16-31(17-13-28)36(40)41;1-26-20-12-10-18(11-13-20)21(16-4-2-15(14-23)3-5-16)17-6-8-19(9-7-17)22(24)25;2*1-24-20-12-10-19(11-13-20)22(18-8-4-16(21)5-9-18)17-6-2-15(14-23)3-7-17;1-9-7-4-2-6(8)3-5-7;7-5-1-3-6(4-2-5)8(9)10;;;;;;/h2-21,37H,22H2,1H3;2-13,23H,14H2,1H3;2*2-13,23H,14,21H2,1H3;2-5H,1H3;1-4H,7H2;4*1H;;/q;;;;;;;;;;2*+2/p-4. The number of nitrogens with two attached hydrogens (primary N) is 3. The molecule has 0 bridgehead atoms. The Hall–Kier alpha value is -14.2. The van der Waals surface area contributed by atoms with Gasteiger partial charge in [0.2, 0.25) is 0 Å². The number of nitro benzene ring substituents is 4. The number of aliphatic hydroxyl groups is 4. The van der Waals surface area contributed by atoms with Gasteiger partial charge in [-0.2, -0.15) is 0 Å². The first kappa shape index (κ1) is 110. The van der Waals surface area contributed by atoms with Crippen LogP contribution in [0.5, 0.6) is 28.7 Å². The van der Waals surface area contributed by atoms with E-state index in [-0.39, 0.29) is 49.2 Å². The number of anilines is 18. The molecule has 0 amide bonds. The molecule has 0 aliphatic carbocycles. The number of nitrogen functional groups attached to an aromatic ring is 3. The van der Waals surface area contributed by atoms with E-state index in [1.807, 2.05) is 301 Å². The Morgan fingerprint density at radius 3 is 0.489 bits per heavy atom. The molecule has 0 unspecified atom stereocenters. The zero-order valence-electron chi connectivity index (χ0n) is 76.5. The number of hydrogen-bond acceptors (Lipinski definition) is 25. The number of nitrogens with zero attached hydrogens (tertiary/aromatic N) is 9. The van der Waals surface area contributed by atoms with E-state index in [9.17, 15) is 60.9 Å². The molecule has 141 heavy (non-hydrogen) atoms. The Bertz CT molecular complexity index is 6110. The fourth-order valence-electron chi connectivity index (χ4n) is 13.5. The van der Waals surface area contributed by atoms with Crippen LogP contribution in [-0.4, -0.2) is 113 Å². The summed E-state index contributed by atoms with van der Waals surface area (Å²) in [7, 11) is 27.9. The molecule has 0 atom stereocenters. The molecule has 0 aliphatic heterocycles. The summed E-state index contributed by atoms with van der Waals surface area (Å²) in [5.41, 5.74) is 35.6. The minimum absolute atomic E-state index is 0.0274. The molecule has 10 N–H and O–H groups in total. The fraction of sp³-hybridized carbons (Fsp3) is 0.0857. The molecule has 4 radical (unpaired) electrons. The van der Waals surface area contributed by atoms with Crippen LogP contribution in [0, 0.1) is 44.0 Å². The molecule has 0 spiro atoms.